The van der Waals surface area contributed by atoms with E-state index in [2.05, 4.69) is 4.90 Å². The van der Waals surface area contributed by atoms with E-state index < -0.39 is 5.97 Å². The SMILES string of the molecule is CN1CCN(c2c(Cl)cccc2C(=O)O)c2ccccc21. The highest BCUT2D eigenvalue weighted by Crippen LogP contribution is 2.41. The van der Waals surface area contributed by atoms with Gasteiger partial charge in [0.15, 0.2) is 0 Å². The lowest BCUT2D eigenvalue weighted by molar-refractivity contribution is 0.0697. The molecule has 0 atom stereocenters. The zero-order valence-corrected chi connectivity index (χ0v) is 12.3. The maximum absolute atomic E-state index is 11.5. The van der Waals surface area contributed by atoms with Gasteiger partial charge < -0.3 is 14.9 Å². The van der Waals surface area contributed by atoms with Crippen LogP contribution < -0.4 is 9.80 Å². The van der Waals surface area contributed by atoms with Crippen LogP contribution in [-0.4, -0.2) is 31.2 Å². The quantitative estimate of drug-likeness (QED) is 0.920. The molecule has 1 aliphatic heterocycles. The fourth-order valence-electron chi connectivity index (χ4n) is 2.70. The smallest absolute Gasteiger partial charge is 0.337 e. The molecule has 2 aromatic carbocycles. The first-order valence-corrected chi connectivity index (χ1v) is 7.07. The molecule has 0 saturated carbocycles. The zero-order chi connectivity index (χ0) is 15.0. The zero-order valence-electron chi connectivity index (χ0n) is 11.6. The van der Waals surface area contributed by atoms with Crippen molar-refractivity contribution in [3.63, 3.8) is 0 Å². The molecule has 1 heterocycles. The lowest BCUT2D eigenvalue weighted by Crippen LogP contribution is -2.37. The molecular formula is C16H15ClN2O2. The van der Waals surface area contributed by atoms with Crippen molar-refractivity contribution in [2.75, 3.05) is 29.9 Å². The second-order valence-corrected chi connectivity index (χ2v) is 5.41. The number of hydrogen-bond donors (Lipinski definition) is 1. The number of anilines is 3. The molecule has 0 fully saturated rings. The minimum absolute atomic E-state index is 0.224. The largest absolute Gasteiger partial charge is 0.478 e. The molecule has 0 spiro atoms. The van der Waals surface area contributed by atoms with Crippen LogP contribution in [-0.2, 0) is 0 Å². The molecule has 3 rings (SSSR count). The first kappa shape index (κ1) is 13.8. The maximum Gasteiger partial charge on any atom is 0.337 e. The van der Waals surface area contributed by atoms with Crippen molar-refractivity contribution in [2.24, 2.45) is 0 Å². The second-order valence-electron chi connectivity index (χ2n) is 5.00. The van der Waals surface area contributed by atoms with Crippen LogP contribution in [0.5, 0.6) is 0 Å². The van der Waals surface area contributed by atoms with E-state index in [1.165, 1.54) is 0 Å². The van der Waals surface area contributed by atoms with Crippen LogP contribution in [0.2, 0.25) is 5.02 Å². The molecule has 1 N–H and O–H groups in total. The fraction of sp³-hybridized carbons (Fsp3) is 0.188. The van der Waals surface area contributed by atoms with Gasteiger partial charge in [0.1, 0.15) is 0 Å². The van der Waals surface area contributed by atoms with Gasteiger partial charge in [0.2, 0.25) is 0 Å². The molecule has 0 radical (unpaired) electrons. The van der Waals surface area contributed by atoms with Crippen LogP contribution in [0.15, 0.2) is 42.5 Å². The van der Waals surface area contributed by atoms with Crippen molar-refractivity contribution in [1.29, 1.82) is 0 Å². The summed E-state index contributed by atoms with van der Waals surface area (Å²) in [7, 11) is 2.03. The Bertz CT molecular complexity index is 702. The van der Waals surface area contributed by atoms with E-state index in [0.717, 1.165) is 17.9 Å². The number of fused-ring (bicyclic) bond motifs is 1. The monoisotopic (exact) mass is 302 g/mol. The van der Waals surface area contributed by atoms with Gasteiger partial charge in [0.05, 0.1) is 27.6 Å². The number of likely N-dealkylation sites (N-methyl/N-ethyl adjacent to an activating group) is 1. The van der Waals surface area contributed by atoms with E-state index in [4.69, 9.17) is 11.6 Å². The van der Waals surface area contributed by atoms with Crippen molar-refractivity contribution < 1.29 is 9.90 Å². The van der Waals surface area contributed by atoms with Gasteiger partial charge >= 0.3 is 5.97 Å². The summed E-state index contributed by atoms with van der Waals surface area (Å²) in [5.41, 5.74) is 2.83. The lowest BCUT2D eigenvalue weighted by Gasteiger charge is -2.37. The first-order chi connectivity index (χ1) is 10.1. The Morgan fingerprint density at radius 1 is 1.10 bits per heavy atom. The number of carbonyl (C=O) groups is 1. The number of benzene rings is 2. The van der Waals surface area contributed by atoms with Gasteiger partial charge in [-0.05, 0) is 24.3 Å². The summed E-state index contributed by atoms with van der Waals surface area (Å²) in [5, 5.41) is 9.88. The van der Waals surface area contributed by atoms with Crippen LogP contribution in [0, 0.1) is 0 Å². The van der Waals surface area contributed by atoms with Crippen molar-refractivity contribution in [3.8, 4) is 0 Å². The summed E-state index contributed by atoms with van der Waals surface area (Å²) in [6.07, 6.45) is 0. The van der Waals surface area contributed by atoms with Gasteiger partial charge in [-0.1, -0.05) is 29.8 Å². The van der Waals surface area contributed by atoms with Crippen LogP contribution in [0.3, 0.4) is 0 Å². The lowest BCUT2D eigenvalue weighted by atomic mass is 10.1. The van der Waals surface area contributed by atoms with Gasteiger partial charge in [-0.2, -0.15) is 0 Å². The number of aromatic carboxylic acids is 1. The summed E-state index contributed by atoms with van der Waals surface area (Å²) in [6.45, 7) is 1.50. The van der Waals surface area contributed by atoms with Crippen LogP contribution >= 0.6 is 11.6 Å². The standard InChI is InChI=1S/C16H15ClN2O2/c1-18-9-10-19(14-8-3-2-7-13(14)18)15-11(16(20)21)5-4-6-12(15)17/h2-8H,9-10H2,1H3,(H,20,21). The molecule has 2 aromatic rings. The van der Waals surface area contributed by atoms with Crippen molar-refractivity contribution in [3.05, 3.63) is 53.1 Å². The van der Waals surface area contributed by atoms with E-state index in [0.29, 0.717) is 17.3 Å². The maximum atomic E-state index is 11.5. The molecule has 0 amide bonds. The third kappa shape index (κ3) is 2.32. The van der Waals surface area contributed by atoms with Gasteiger partial charge in [-0.25, -0.2) is 4.79 Å². The van der Waals surface area contributed by atoms with Gasteiger partial charge in [0, 0.05) is 20.1 Å². The second kappa shape index (κ2) is 5.30. The number of carboxylic acids is 1. The Morgan fingerprint density at radius 2 is 1.81 bits per heavy atom. The number of hydrogen-bond acceptors (Lipinski definition) is 3. The van der Waals surface area contributed by atoms with E-state index in [-0.39, 0.29) is 5.56 Å². The minimum atomic E-state index is -0.969. The Hall–Kier alpha value is -2.20. The summed E-state index contributed by atoms with van der Waals surface area (Å²) in [4.78, 5) is 15.6. The third-order valence-electron chi connectivity index (χ3n) is 3.73. The van der Waals surface area contributed by atoms with Gasteiger partial charge in [0.25, 0.3) is 0 Å². The number of para-hydroxylation sites is 3. The Labute approximate surface area is 128 Å². The number of carboxylic acid groups (broad SMARTS) is 1. The highest BCUT2D eigenvalue weighted by atomic mass is 35.5. The van der Waals surface area contributed by atoms with Crippen molar-refractivity contribution >= 4 is 34.6 Å². The van der Waals surface area contributed by atoms with Crippen molar-refractivity contribution in [1.82, 2.24) is 0 Å². The highest BCUT2D eigenvalue weighted by Gasteiger charge is 2.26. The predicted molar refractivity (Wildman–Crippen MR) is 85.1 cm³/mol. The normalized spacial score (nSPS) is 14.0. The number of nitrogens with zero attached hydrogens (tertiary/aromatic N) is 2. The molecule has 0 aliphatic carbocycles. The van der Waals surface area contributed by atoms with Crippen molar-refractivity contribution in [2.45, 2.75) is 0 Å². The molecule has 0 bridgehead atoms. The topological polar surface area (TPSA) is 43.8 Å². The third-order valence-corrected chi connectivity index (χ3v) is 4.03. The molecule has 0 aromatic heterocycles. The van der Waals surface area contributed by atoms with Gasteiger partial charge in [-0.15, -0.1) is 0 Å². The number of rotatable bonds is 2. The van der Waals surface area contributed by atoms with E-state index >= 15 is 0 Å². The first-order valence-electron chi connectivity index (χ1n) is 6.69. The van der Waals surface area contributed by atoms with Gasteiger partial charge in [-0.3, -0.25) is 0 Å². The molecule has 21 heavy (non-hydrogen) atoms. The fourth-order valence-corrected chi connectivity index (χ4v) is 2.98. The Balaban J connectivity index is 2.19. The Kier molecular flexibility index (Phi) is 3.47. The summed E-state index contributed by atoms with van der Waals surface area (Å²) in [5.74, 6) is -0.969. The van der Waals surface area contributed by atoms with Crippen LogP contribution in [0.1, 0.15) is 10.4 Å². The highest BCUT2D eigenvalue weighted by molar-refractivity contribution is 6.34. The molecule has 5 heteroatoms. The number of halogens is 1. The molecule has 0 unspecified atom stereocenters. The van der Waals surface area contributed by atoms with Crippen LogP contribution in [0.4, 0.5) is 17.1 Å². The van der Waals surface area contributed by atoms with Crippen LogP contribution in [0.25, 0.3) is 0 Å². The Morgan fingerprint density at radius 3 is 2.52 bits per heavy atom. The summed E-state index contributed by atoms with van der Waals surface area (Å²) < 4.78 is 0. The predicted octanol–water partition coefficient (Wildman–Crippen LogP) is 3.63. The van der Waals surface area contributed by atoms with E-state index in [9.17, 15) is 9.90 Å². The van der Waals surface area contributed by atoms with E-state index in [1.54, 1.807) is 18.2 Å². The average Bonchev–Trinajstić information content (AvgIpc) is 2.48. The molecule has 1 aliphatic rings. The minimum Gasteiger partial charge on any atom is -0.478 e. The molecule has 4 nitrogen and oxygen atoms in total. The van der Waals surface area contributed by atoms with E-state index in [1.807, 2.05) is 36.2 Å². The molecular weight excluding hydrogens is 288 g/mol. The average molecular weight is 303 g/mol. The summed E-state index contributed by atoms with van der Waals surface area (Å²) in [6, 6.07) is 12.9. The molecule has 108 valence electrons. The summed E-state index contributed by atoms with van der Waals surface area (Å²) >= 11 is 6.29. The molecule has 0 saturated heterocycles.